The van der Waals surface area contributed by atoms with Crippen LogP contribution >= 0.6 is 39.1 Å². The van der Waals surface area contributed by atoms with Gasteiger partial charge in [-0.25, -0.2) is 0 Å². The molecule has 0 fully saturated rings. The first-order chi connectivity index (χ1) is 9.38. The van der Waals surface area contributed by atoms with E-state index in [4.69, 9.17) is 28.9 Å². The van der Waals surface area contributed by atoms with Crippen LogP contribution in [-0.4, -0.2) is 4.92 Å². The molecule has 0 bridgehead atoms. The van der Waals surface area contributed by atoms with Gasteiger partial charge in [-0.2, -0.15) is 0 Å². The molecule has 20 heavy (non-hydrogen) atoms. The fraction of sp³-hybridized carbons (Fsp3) is 0. The first-order valence-electron chi connectivity index (χ1n) is 5.34. The van der Waals surface area contributed by atoms with Gasteiger partial charge in [-0.15, -0.1) is 0 Å². The number of nitro groups is 1. The number of benzene rings is 2. The van der Waals surface area contributed by atoms with E-state index < -0.39 is 4.92 Å². The van der Waals surface area contributed by atoms with Gasteiger partial charge in [0.25, 0.3) is 5.69 Å². The molecule has 0 aliphatic carbocycles. The van der Waals surface area contributed by atoms with Crippen LogP contribution in [0.2, 0.25) is 10.0 Å². The van der Waals surface area contributed by atoms with Gasteiger partial charge in [-0.05, 0) is 34.1 Å². The van der Waals surface area contributed by atoms with Crippen LogP contribution in [-0.2, 0) is 0 Å². The van der Waals surface area contributed by atoms with Crippen molar-refractivity contribution in [1.82, 2.24) is 0 Å². The minimum absolute atomic E-state index is 0.105. The minimum atomic E-state index is -0.516. The summed E-state index contributed by atoms with van der Waals surface area (Å²) in [7, 11) is 0. The van der Waals surface area contributed by atoms with Gasteiger partial charge >= 0.3 is 0 Å². The third kappa shape index (κ3) is 3.15. The van der Waals surface area contributed by atoms with Gasteiger partial charge in [-0.1, -0.05) is 23.2 Å². The minimum Gasteiger partial charge on any atom is -0.398 e. The zero-order valence-corrected chi connectivity index (χ0v) is 13.0. The van der Waals surface area contributed by atoms with Crippen LogP contribution in [0.3, 0.4) is 0 Å². The molecular formula is C12H8BrCl2N3O2. The third-order valence-corrected chi connectivity index (χ3v) is 4.24. The average Bonchev–Trinajstić information content (AvgIpc) is 2.39. The summed E-state index contributed by atoms with van der Waals surface area (Å²) in [5.41, 5.74) is 6.79. The fourth-order valence-electron chi connectivity index (χ4n) is 1.59. The van der Waals surface area contributed by atoms with Crippen molar-refractivity contribution in [2.75, 3.05) is 11.1 Å². The number of hydrogen-bond acceptors (Lipinski definition) is 4. The van der Waals surface area contributed by atoms with Crippen molar-refractivity contribution < 1.29 is 4.92 Å². The number of nitrogens with two attached hydrogens (primary N) is 1. The quantitative estimate of drug-likeness (QED) is 0.342. The molecule has 2 aromatic rings. The van der Waals surface area contributed by atoms with Crippen LogP contribution < -0.4 is 11.1 Å². The van der Waals surface area contributed by atoms with Crippen molar-refractivity contribution in [3.8, 4) is 0 Å². The number of nitrogens with zero attached hydrogens (tertiary/aromatic N) is 1. The first kappa shape index (κ1) is 14.9. The monoisotopic (exact) mass is 375 g/mol. The summed E-state index contributed by atoms with van der Waals surface area (Å²) in [6.07, 6.45) is 0. The highest BCUT2D eigenvalue weighted by molar-refractivity contribution is 9.10. The molecule has 0 saturated carbocycles. The summed E-state index contributed by atoms with van der Waals surface area (Å²) in [4.78, 5) is 10.3. The second-order valence-corrected chi connectivity index (χ2v) is 5.53. The Labute approximate surface area is 133 Å². The van der Waals surface area contributed by atoms with E-state index in [-0.39, 0.29) is 11.4 Å². The Balaban J connectivity index is 2.40. The Morgan fingerprint density at radius 1 is 1.20 bits per heavy atom. The van der Waals surface area contributed by atoms with E-state index in [0.29, 0.717) is 25.9 Å². The third-order valence-electron chi connectivity index (χ3n) is 2.47. The maximum atomic E-state index is 10.8. The maximum absolute atomic E-state index is 10.8. The Hall–Kier alpha value is -1.50. The number of hydrogen-bond donors (Lipinski definition) is 2. The molecule has 5 nitrogen and oxygen atoms in total. The molecule has 0 unspecified atom stereocenters. The second-order valence-electron chi connectivity index (χ2n) is 3.92. The van der Waals surface area contributed by atoms with Crippen LogP contribution in [0.15, 0.2) is 34.8 Å². The van der Waals surface area contributed by atoms with E-state index in [1.165, 1.54) is 12.1 Å². The molecule has 104 valence electrons. The van der Waals surface area contributed by atoms with Crippen LogP contribution in [0, 0.1) is 10.1 Å². The van der Waals surface area contributed by atoms with Crippen molar-refractivity contribution in [3.05, 3.63) is 55.0 Å². The molecule has 0 saturated heterocycles. The van der Waals surface area contributed by atoms with E-state index >= 15 is 0 Å². The standard InChI is InChI=1S/C12H8BrCl2N3O2/c13-9-1-2-10(12(15)11(9)14)17-7-3-6(16)4-8(5-7)18(19)20/h1-5,17H,16H2. The summed E-state index contributed by atoms with van der Waals surface area (Å²) < 4.78 is 0.660. The lowest BCUT2D eigenvalue weighted by Crippen LogP contribution is -1.97. The van der Waals surface area contributed by atoms with Crippen molar-refractivity contribution in [3.63, 3.8) is 0 Å². The molecule has 0 amide bonds. The van der Waals surface area contributed by atoms with Gasteiger partial charge in [-0.3, -0.25) is 10.1 Å². The number of nitro benzene ring substituents is 1. The molecule has 0 spiro atoms. The predicted octanol–water partition coefficient (Wildman–Crippen LogP) is 4.99. The molecule has 0 aliphatic heterocycles. The average molecular weight is 377 g/mol. The van der Waals surface area contributed by atoms with Crippen LogP contribution in [0.1, 0.15) is 0 Å². The molecule has 2 rings (SSSR count). The SMILES string of the molecule is Nc1cc(Nc2ccc(Br)c(Cl)c2Cl)cc([N+](=O)[O-])c1. The van der Waals surface area contributed by atoms with E-state index in [2.05, 4.69) is 21.2 Å². The van der Waals surface area contributed by atoms with Crippen molar-refractivity contribution in [2.45, 2.75) is 0 Å². The highest BCUT2D eigenvalue weighted by Gasteiger charge is 2.12. The largest absolute Gasteiger partial charge is 0.398 e. The van der Waals surface area contributed by atoms with E-state index in [1.54, 1.807) is 18.2 Å². The molecule has 0 aliphatic rings. The van der Waals surface area contributed by atoms with E-state index in [1.807, 2.05) is 0 Å². The Morgan fingerprint density at radius 3 is 2.55 bits per heavy atom. The molecule has 0 aromatic heterocycles. The van der Waals surface area contributed by atoms with Gasteiger partial charge in [0.05, 0.1) is 20.7 Å². The van der Waals surface area contributed by atoms with Gasteiger partial charge < -0.3 is 11.1 Å². The molecule has 8 heteroatoms. The number of nitrogen functional groups attached to an aromatic ring is 1. The van der Waals surface area contributed by atoms with Crippen molar-refractivity contribution in [2.24, 2.45) is 0 Å². The smallest absolute Gasteiger partial charge is 0.273 e. The van der Waals surface area contributed by atoms with Gasteiger partial charge in [0, 0.05) is 28.0 Å². The van der Waals surface area contributed by atoms with Crippen molar-refractivity contribution >= 4 is 61.9 Å². The van der Waals surface area contributed by atoms with Gasteiger partial charge in [0.2, 0.25) is 0 Å². The number of anilines is 3. The summed E-state index contributed by atoms with van der Waals surface area (Å²) in [6.45, 7) is 0. The zero-order valence-electron chi connectivity index (χ0n) is 9.86. The molecule has 2 aromatic carbocycles. The fourth-order valence-corrected chi connectivity index (χ4v) is 2.41. The summed E-state index contributed by atoms with van der Waals surface area (Å²) in [5, 5.41) is 14.4. The highest BCUT2D eigenvalue weighted by atomic mass is 79.9. The second kappa shape index (κ2) is 5.87. The van der Waals surface area contributed by atoms with Gasteiger partial charge in [0.15, 0.2) is 0 Å². The van der Waals surface area contributed by atoms with E-state index in [0.717, 1.165) is 0 Å². The zero-order chi connectivity index (χ0) is 14.9. The normalized spacial score (nSPS) is 10.3. The molecule has 0 atom stereocenters. The number of rotatable bonds is 3. The molecule has 0 radical (unpaired) electrons. The summed E-state index contributed by atoms with van der Waals surface area (Å²) in [6, 6.07) is 7.63. The Bertz CT molecular complexity index is 695. The number of halogens is 3. The summed E-state index contributed by atoms with van der Waals surface area (Å²) in [5.74, 6) is 0. The van der Waals surface area contributed by atoms with Crippen molar-refractivity contribution in [1.29, 1.82) is 0 Å². The molecule has 3 N–H and O–H groups in total. The lowest BCUT2D eigenvalue weighted by Gasteiger charge is -2.11. The topological polar surface area (TPSA) is 81.2 Å². The first-order valence-corrected chi connectivity index (χ1v) is 6.89. The Morgan fingerprint density at radius 2 is 1.90 bits per heavy atom. The molecular weight excluding hydrogens is 369 g/mol. The lowest BCUT2D eigenvalue weighted by molar-refractivity contribution is -0.384. The lowest BCUT2D eigenvalue weighted by atomic mass is 10.2. The maximum Gasteiger partial charge on any atom is 0.273 e. The Kier molecular flexibility index (Phi) is 4.37. The van der Waals surface area contributed by atoms with E-state index in [9.17, 15) is 10.1 Å². The number of non-ortho nitro benzene ring substituents is 1. The van der Waals surface area contributed by atoms with Crippen LogP contribution in [0.25, 0.3) is 0 Å². The van der Waals surface area contributed by atoms with Gasteiger partial charge in [0.1, 0.15) is 0 Å². The van der Waals surface area contributed by atoms with Crippen LogP contribution in [0.5, 0.6) is 0 Å². The highest BCUT2D eigenvalue weighted by Crippen LogP contribution is 2.37. The number of nitrogens with one attached hydrogen (secondary N) is 1. The van der Waals surface area contributed by atoms with Crippen LogP contribution in [0.4, 0.5) is 22.7 Å². The molecule has 0 heterocycles. The summed E-state index contributed by atoms with van der Waals surface area (Å²) >= 11 is 15.4. The predicted molar refractivity (Wildman–Crippen MR) is 85.0 cm³/mol.